The summed E-state index contributed by atoms with van der Waals surface area (Å²) in [5.41, 5.74) is 7.05. The average molecular weight is 232 g/mol. The molecule has 0 radical (unpaired) electrons. The smallest absolute Gasteiger partial charge is 0.160 e. The van der Waals surface area contributed by atoms with Crippen LogP contribution in [0.15, 0.2) is 30.6 Å². The molecule has 0 saturated carbocycles. The summed E-state index contributed by atoms with van der Waals surface area (Å²) in [5, 5.41) is 14.3. The first kappa shape index (κ1) is 11.6. The third-order valence-electron chi connectivity index (χ3n) is 2.55. The minimum absolute atomic E-state index is 0.553. The largest absolute Gasteiger partial charge is 0.399 e. The number of nitrogens with two attached hydrogens (primary N) is 1. The Morgan fingerprint density at radius 2 is 2.29 bits per heavy atom. The number of anilines is 1. The number of benzene rings is 1. The molecule has 5 heteroatoms. The van der Waals surface area contributed by atoms with Gasteiger partial charge >= 0.3 is 0 Å². The van der Waals surface area contributed by atoms with Gasteiger partial charge in [-0.1, -0.05) is 19.1 Å². The molecule has 0 fully saturated rings. The molecule has 0 bridgehead atoms. The van der Waals surface area contributed by atoms with Crippen LogP contribution in [0.4, 0.5) is 5.69 Å². The van der Waals surface area contributed by atoms with E-state index in [-0.39, 0.29) is 0 Å². The predicted molar refractivity (Wildman–Crippen MR) is 65.2 cm³/mol. The molecule has 1 unspecified atom stereocenters. The average Bonchev–Trinajstić information content (AvgIpc) is 2.77. The second-order valence-electron chi connectivity index (χ2n) is 3.91. The Hall–Kier alpha value is -1.88. The molecule has 0 aliphatic carbocycles. The highest BCUT2D eigenvalue weighted by Gasteiger charge is 2.16. The van der Waals surface area contributed by atoms with Crippen LogP contribution >= 0.6 is 0 Å². The summed E-state index contributed by atoms with van der Waals surface area (Å²) < 4.78 is 1.72. The van der Waals surface area contributed by atoms with Crippen LogP contribution in [0.1, 0.15) is 30.8 Å². The van der Waals surface area contributed by atoms with Crippen LogP contribution in [0, 0.1) is 0 Å². The molecular weight excluding hydrogens is 216 g/mol. The first-order valence-corrected chi connectivity index (χ1v) is 5.63. The van der Waals surface area contributed by atoms with Crippen molar-refractivity contribution in [3.63, 3.8) is 0 Å². The molecule has 1 aromatic heterocycles. The molecule has 2 rings (SSSR count). The van der Waals surface area contributed by atoms with E-state index in [1.54, 1.807) is 16.8 Å². The number of aryl methyl sites for hydroxylation is 1. The minimum atomic E-state index is -0.785. The SMILES string of the molecule is CCCn1ncnc1C(O)c1cccc(N)c1. The zero-order chi connectivity index (χ0) is 12.3. The van der Waals surface area contributed by atoms with E-state index in [4.69, 9.17) is 5.73 Å². The van der Waals surface area contributed by atoms with Crippen molar-refractivity contribution in [3.05, 3.63) is 42.0 Å². The number of aliphatic hydroxyl groups is 1. The van der Waals surface area contributed by atoms with Crippen molar-refractivity contribution < 1.29 is 5.11 Å². The van der Waals surface area contributed by atoms with Crippen molar-refractivity contribution in [2.24, 2.45) is 0 Å². The highest BCUT2D eigenvalue weighted by Crippen LogP contribution is 2.21. The molecule has 0 aliphatic heterocycles. The number of hydrogen-bond donors (Lipinski definition) is 2. The number of nitrogen functional groups attached to an aromatic ring is 1. The lowest BCUT2D eigenvalue weighted by Gasteiger charge is -2.12. The molecule has 3 N–H and O–H groups in total. The predicted octanol–water partition coefficient (Wildman–Crippen LogP) is 1.35. The van der Waals surface area contributed by atoms with Crippen LogP contribution in [0.2, 0.25) is 0 Å². The summed E-state index contributed by atoms with van der Waals surface area (Å²) in [6, 6.07) is 7.17. The molecule has 0 spiro atoms. The maximum atomic E-state index is 10.2. The summed E-state index contributed by atoms with van der Waals surface area (Å²) in [6.45, 7) is 2.80. The highest BCUT2D eigenvalue weighted by molar-refractivity contribution is 5.42. The summed E-state index contributed by atoms with van der Waals surface area (Å²) in [4.78, 5) is 4.10. The van der Waals surface area contributed by atoms with Crippen molar-refractivity contribution >= 4 is 5.69 Å². The fourth-order valence-electron chi connectivity index (χ4n) is 1.75. The van der Waals surface area contributed by atoms with E-state index in [0.717, 1.165) is 18.5 Å². The maximum Gasteiger partial charge on any atom is 0.160 e. The van der Waals surface area contributed by atoms with Crippen molar-refractivity contribution in [2.75, 3.05) is 5.73 Å². The molecule has 2 aromatic rings. The van der Waals surface area contributed by atoms with Gasteiger partial charge in [-0.25, -0.2) is 9.67 Å². The summed E-state index contributed by atoms with van der Waals surface area (Å²) in [7, 11) is 0. The van der Waals surface area contributed by atoms with Crippen LogP contribution in [0.5, 0.6) is 0 Å². The lowest BCUT2D eigenvalue weighted by molar-refractivity contribution is 0.202. The van der Waals surface area contributed by atoms with Gasteiger partial charge in [0.2, 0.25) is 0 Å². The Morgan fingerprint density at radius 1 is 1.47 bits per heavy atom. The summed E-state index contributed by atoms with van der Waals surface area (Å²) in [6.07, 6.45) is 1.62. The van der Waals surface area contributed by atoms with E-state index >= 15 is 0 Å². The normalized spacial score (nSPS) is 12.6. The number of hydrogen-bond acceptors (Lipinski definition) is 4. The van der Waals surface area contributed by atoms with E-state index < -0.39 is 6.10 Å². The third kappa shape index (κ3) is 2.45. The van der Waals surface area contributed by atoms with Gasteiger partial charge in [-0.3, -0.25) is 0 Å². The van der Waals surface area contributed by atoms with Gasteiger partial charge in [-0.2, -0.15) is 5.10 Å². The second-order valence-corrected chi connectivity index (χ2v) is 3.91. The Morgan fingerprint density at radius 3 is 3.00 bits per heavy atom. The van der Waals surface area contributed by atoms with Gasteiger partial charge in [0.25, 0.3) is 0 Å². The topological polar surface area (TPSA) is 77.0 Å². The second kappa shape index (κ2) is 4.97. The number of rotatable bonds is 4. The highest BCUT2D eigenvalue weighted by atomic mass is 16.3. The van der Waals surface area contributed by atoms with Gasteiger partial charge in [-0.05, 0) is 24.1 Å². The van der Waals surface area contributed by atoms with Gasteiger partial charge < -0.3 is 10.8 Å². The molecule has 1 aromatic carbocycles. The van der Waals surface area contributed by atoms with E-state index in [1.165, 1.54) is 6.33 Å². The Labute approximate surface area is 99.9 Å². The molecule has 1 heterocycles. The van der Waals surface area contributed by atoms with Crippen LogP contribution in [0.25, 0.3) is 0 Å². The van der Waals surface area contributed by atoms with Gasteiger partial charge in [0.15, 0.2) is 5.82 Å². The van der Waals surface area contributed by atoms with Gasteiger partial charge in [0.1, 0.15) is 12.4 Å². The Balaban J connectivity index is 2.30. The fourth-order valence-corrected chi connectivity index (χ4v) is 1.75. The van der Waals surface area contributed by atoms with Crippen molar-refractivity contribution in [1.82, 2.24) is 14.8 Å². The van der Waals surface area contributed by atoms with E-state index in [9.17, 15) is 5.11 Å². The van der Waals surface area contributed by atoms with Crippen molar-refractivity contribution in [1.29, 1.82) is 0 Å². The van der Waals surface area contributed by atoms with Crippen molar-refractivity contribution in [3.8, 4) is 0 Å². The standard InChI is InChI=1S/C12H16N4O/c1-2-6-16-12(14-8-15-16)11(17)9-4-3-5-10(13)7-9/h3-5,7-8,11,17H,2,6,13H2,1H3. The lowest BCUT2D eigenvalue weighted by Crippen LogP contribution is -2.11. The van der Waals surface area contributed by atoms with Crippen molar-refractivity contribution in [2.45, 2.75) is 26.0 Å². The maximum absolute atomic E-state index is 10.2. The van der Waals surface area contributed by atoms with Crippen LogP contribution < -0.4 is 5.73 Å². The number of nitrogens with zero attached hydrogens (tertiary/aromatic N) is 3. The lowest BCUT2D eigenvalue weighted by atomic mass is 10.1. The molecule has 1 atom stereocenters. The van der Waals surface area contributed by atoms with Crippen LogP contribution in [0.3, 0.4) is 0 Å². The fraction of sp³-hybridized carbons (Fsp3) is 0.333. The van der Waals surface area contributed by atoms with Gasteiger partial charge in [0.05, 0.1) is 0 Å². The first-order chi connectivity index (χ1) is 8.22. The molecule has 17 heavy (non-hydrogen) atoms. The zero-order valence-corrected chi connectivity index (χ0v) is 9.74. The van der Waals surface area contributed by atoms with Crippen LogP contribution in [-0.2, 0) is 6.54 Å². The molecule has 0 amide bonds. The molecule has 5 nitrogen and oxygen atoms in total. The quantitative estimate of drug-likeness (QED) is 0.780. The monoisotopic (exact) mass is 232 g/mol. The van der Waals surface area contributed by atoms with E-state index in [0.29, 0.717) is 11.5 Å². The molecule has 0 saturated heterocycles. The van der Waals surface area contributed by atoms with Gasteiger partial charge in [-0.15, -0.1) is 0 Å². The minimum Gasteiger partial charge on any atom is -0.399 e. The summed E-state index contributed by atoms with van der Waals surface area (Å²) in [5.74, 6) is 0.553. The molecular formula is C12H16N4O. The molecule has 90 valence electrons. The van der Waals surface area contributed by atoms with Crippen LogP contribution in [-0.4, -0.2) is 19.9 Å². The summed E-state index contributed by atoms with van der Waals surface area (Å²) >= 11 is 0. The zero-order valence-electron chi connectivity index (χ0n) is 9.74. The van der Waals surface area contributed by atoms with E-state index in [1.807, 2.05) is 12.1 Å². The van der Waals surface area contributed by atoms with E-state index in [2.05, 4.69) is 17.0 Å². The van der Waals surface area contributed by atoms with Gasteiger partial charge in [0, 0.05) is 12.2 Å². The first-order valence-electron chi connectivity index (χ1n) is 5.63. The Bertz CT molecular complexity index is 495. The number of aliphatic hydroxyl groups excluding tert-OH is 1. The third-order valence-corrected chi connectivity index (χ3v) is 2.55. The Kier molecular flexibility index (Phi) is 3.39. The molecule has 0 aliphatic rings. The number of aromatic nitrogens is 3.